The molecule has 130 valence electrons. The second kappa shape index (κ2) is 6.40. The van der Waals surface area contributed by atoms with Crippen LogP contribution in [0, 0.1) is 0 Å². The van der Waals surface area contributed by atoms with E-state index < -0.39 is 0 Å². The number of rotatable bonds is 3. The minimum Gasteiger partial charge on any atom is -0.310 e. The lowest BCUT2D eigenvalue weighted by Crippen LogP contribution is -2.12. The van der Waals surface area contributed by atoms with Gasteiger partial charge in [0, 0.05) is 29.1 Å². The minimum atomic E-state index is 0.266. The van der Waals surface area contributed by atoms with Crippen LogP contribution in [0.5, 0.6) is 0 Å². The maximum absolute atomic E-state index is 4.68. The van der Waals surface area contributed by atoms with Crippen LogP contribution in [0.1, 0.15) is 24.1 Å². The average molecular weight is 348 g/mol. The van der Waals surface area contributed by atoms with Gasteiger partial charge in [-0.1, -0.05) is 61.5 Å². The average Bonchev–Trinajstić information content (AvgIpc) is 3.03. The molecule has 0 spiro atoms. The van der Waals surface area contributed by atoms with Gasteiger partial charge in [0.05, 0.1) is 11.4 Å². The fraction of sp³-hybridized carbons (Fsp3) is 0.0800. The molecule has 0 radical (unpaired) electrons. The van der Waals surface area contributed by atoms with Gasteiger partial charge in [-0.3, -0.25) is 4.98 Å². The molecule has 0 bridgehead atoms. The van der Waals surface area contributed by atoms with Crippen molar-refractivity contribution < 1.29 is 0 Å². The van der Waals surface area contributed by atoms with Gasteiger partial charge in [-0.2, -0.15) is 0 Å². The molecule has 1 heterocycles. The number of pyridine rings is 1. The molecule has 0 amide bonds. The predicted octanol–water partition coefficient (Wildman–Crippen LogP) is 6.68. The maximum atomic E-state index is 4.68. The van der Waals surface area contributed by atoms with E-state index in [1.54, 1.807) is 0 Å². The summed E-state index contributed by atoms with van der Waals surface area (Å²) in [6.07, 6.45) is 1.90. The summed E-state index contributed by atoms with van der Waals surface area (Å²) in [7, 11) is 0. The topological polar surface area (TPSA) is 16.1 Å². The van der Waals surface area contributed by atoms with Crippen molar-refractivity contribution in [1.82, 2.24) is 4.98 Å². The molecule has 4 aromatic rings. The largest absolute Gasteiger partial charge is 0.310 e. The summed E-state index contributed by atoms with van der Waals surface area (Å²) in [6, 6.07) is 32.0. The Balaban J connectivity index is 1.76. The van der Waals surface area contributed by atoms with Crippen LogP contribution < -0.4 is 4.90 Å². The highest BCUT2D eigenvalue weighted by Crippen LogP contribution is 2.50. The van der Waals surface area contributed by atoms with Crippen molar-refractivity contribution in [2.24, 2.45) is 0 Å². The zero-order valence-corrected chi connectivity index (χ0v) is 15.2. The number of anilines is 3. The van der Waals surface area contributed by atoms with Crippen molar-refractivity contribution in [2.75, 3.05) is 4.90 Å². The van der Waals surface area contributed by atoms with E-state index >= 15 is 0 Å². The summed E-state index contributed by atoms with van der Waals surface area (Å²) >= 11 is 0. The van der Waals surface area contributed by atoms with E-state index in [0.29, 0.717) is 0 Å². The van der Waals surface area contributed by atoms with Crippen LogP contribution in [-0.4, -0.2) is 4.98 Å². The summed E-state index contributed by atoms with van der Waals surface area (Å²) in [5.41, 5.74) is 8.60. The van der Waals surface area contributed by atoms with Crippen molar-refractivity contribution in [3.05, 3.63) is 108 Å². The van der Waals surface area contributed by atoms with E-state index in [2.05, 4.69) is 102 Å². The van der Waals surface area contributed by atoms with Crippen molar-refractivity contribution >= 4 is 17.1 Å². The molecule has 2 nitrogen and oxygen atoms in total. The Bertz CT molecular complexity index is 1050. The molecule has 0 N–H and O–H groups in total. The lowest BCUT2D eigenvalue weighted by atomic mass is 9.98. The van der Waals surface area contributed by atoms with E-state index in [-0.39, 0.29) is 5.92 Å². The van der Waals surface area contributed by atoms with Crippen LogP contribution in [0.15, 0.2) is 97.2 Å². The quantitative estimate of drug-likeness (QED) is 0.410. The Morgan fingerprint density at radius 3 is 1.96 bits per heavy atom. The Morgan fingerprint density at radius 2 is 1.30 bits per heavy atom. The van der Waals surface area contributed by atoms with Crippen LogP contribution in [0.25, 0.3) is 11.1 Å². The summed E-state index contributed by atoms with van der Waals surface area (Å²) in [6.45, 7) is 2.26. The van der Waals surface area contributed by atoms with E-state index in [0.717, 1.165) is 11.4 Å². The minimum absolute atomic E-state index is 0.266. The summed E-state index contributed by atoms with van der Waals surface area (Å²) in [5, 5.41) is 0. The first kappa shape index (κ1) is 15.8. The number of fused-ring (bicyclic) bond motifs is 3. The zero-order valence-electron chi connectivity index (χ0n) is 15.2. The maximum Gasteiger partial charge on any atom is 0.0554 e. The van der Waals surface area contributed by atoms with Crippen LogP contribution in [-0.2, 0) is 0 Å². The highest BCUT2D eigenvalue weighted by Gasteiger charge is 2.31. The third kappa shape index (κ3) is 2.53. The summed E-state index contributed by atoms with van der Waals surface area (Å²) < 4.78 is 0. The van der Waals surface area contributed by atoms with Gasteiger partial charge >= 0.3 is 0 Å². The SMILES string of the molecule is CC1c2ncccc2-c2cccc(N(c3ccccc3)c3ccccc3)c21. The van der Waals surface area contributed by atoms with Gasteiger partial charge in [0.2, 0.25) is 0 Å². The number of benzene rings is 3. The van der Waals surface area contributed by atoms with Gasteiger partial charge in [-0.25, -0.2) is 0 Å². The molecule has 2 heteroatoms. The van der Waals surface area contributed by atoms with Crippen LogP contribution >= 0.6 is 0 Å². The monoisotopic (exact) mass is 348 g/mol. The molecule has 1 aliphatic rings. The van der Waals surface area contributed by atoms with Crippen LogP contribution in [0.2, 0.25) is 0 Å². The standard InChI is InChI=1S/C25H20N2/c1-18-24-21(22-15-9-17-26-25(18)22)14-8-16-23(24)27(19-10-4-2-5-11-19)20-12-6-3-7-13-20/h2-18H,1H3. The normalized spacial score (nSPS) is 14.5. The van der Waals surface area contributed by atoms with Gasteiger partial charge in [0.25, 0.3) is 0 Å². The third-order valence-electron chi connectivity index (χ3n) is 5.32. The highest BCUT2D eigenvalue weighted by atomic mass is 15.1. The smallest absolute Gasteiger partial charge is 0.0554 e. The molecule has 0 saturated carbocycles. The molecule has 1 unspecified atom stereocenters. The highest BCUT2D eigenvalue weighted by molar-refractivity contribution is 5.88. The zero-order chi connectivity index (χ0) is 18.2. The van der Waals surface area contributed by atoms with Crippen molar-refractivity contribution in [3.63, 3.8) is 0 Å². The Labute approximate surface area is 159 Å². The molecule has 27 heavy (non-hydrogen) atoms. The molecular formula is C25H20N2. The molecule has 0 saturated heterocycles. The van der Waals surface area contributed by atoms with E-state index in [1.165, 1.54) is 28.1 Å². The molecule has 3 aromatic carbocycles. The molecule has 1 aromatic heterocycles. The third-order valence-corrected chi connectivity index (χ3v) is 5.32. The number of hydrogen-bond donors (Lipinski definition) is 0. The fourth-order valence-corrected chi connectivity index (χ4v) is 4.15. The van der Waals surface area contributed by atoms with Crippen LogP contribution in [0.4, 0.5) is 17.1 Å². The van der Waals surface area contributed by atoms with Gasteiger partial charge in [-0.05, 0) is 47.5 Å². The number of para-hydroxylation sites is 2. The molecule has 0 fully saturated rings. The molecule has 1 atom stereocenters. The number of aromatic nitrogens is 1. The second-order valence-electron chi connectivity index (χ2n) is 6.90. The van der Waals surface area contributed by atoms with E-state index in [1.807, 2.05) is 12.3 Å². The number of hydrogen-bond acceptors (Lipinski definition) is 2. The Hall–Kier alpha value is -3.39. The van der Waals surface area contributed by atoms with Crippen molar-refractivity contribution in [1.29, 1.82) is 0 Å². The summed E-state index contributed by atoms with van der Waals surface area (Å²) in [4.78, 5) is 7.03. The molecule has 0 aliphatic heterocycles. The van der Waals surface area contributed by atoms with Gasteiger partial charge in [-0.15, -0.1) is 0 Å². The first-order chi connectivity index (χ1) is 13.3. The van der Waals surface area contributed by atoms with E-state index in [9.17, 15) is 0 Å². The Morgan fingerprint density at radius 1 is 0.667 bits per heavy atom. The number of nitrogens with zero attached hydrogens (tertiary/aromatic N) is 2. The first-order valence-corrected chi connectivity index (χ1v) is 9.33. The lowest BCUT2D eigenvalue weighted by Gasteiger charge is -2.28. The Kier molecular flexibility index (Phi) is 3.75. The second-order valence-corrected chi connectivity index (χ2v) is 6.90. The van der Waals surface area contributed by atoms with Gasteiger partial charge < -0.3 is 4.90 Å². The van der Waals surface area contributed by atoms with E-state index in [4.69, 9.17) is 0 Å². The molecule has 5 rings (SSSR count). The summed E-state index contributed by atoms with van der Waals surface area (Å²) in [5.74, 6) is 0.266. The molecule has 1 aliphatic carbocycles. The van der Waals surface area contributed by atoms with Gasteiger partial charge in [0.1, 0.15) is 0 Å². The molecular weight excluding hydrogens is 328 g/mol. The first-order valence-electron chi connectivity index (χ1n) is 9.33. The van der Waals surface area contributed by atoms with Gasteiger partial charge in [0.15, 0.2) is 0 Å². The van der Waals surface area contributed by atoms with Crippen LogP contribution in [0.3, 0.4) is 0 Å². The lowest BCUT2D eigenvalue weighted by molar-refractivity contribution is 0.902. The fourth-order valence-electron chi connectivity index (χ4n) is 4.15. The van der Waals surface area contributed by atoms with Crippen molar-refractivity contribution in [2.45, 2.75) is 12.8 Å². The van der Waals surface area contributed by atoms with Crippen molar-refractivity contribution in [3.8, 4) is 11.1 Å². The predicted molar refractivity (Wildman–Crippen MR) is 112 cm³/mol.